The summed E-state index contributed by atoms with van der Waals surface area (Å²) < 4.78 is 34.2. The maximum absolute atomic E-state index is 12.9. The first kappa shape index (κ1) is 24.6. The van der Waals surface area contributed by atoms with E-state index in [-0.39, 0.29) is 56.1 Å². The molecule has 2 aliphatic heterocycles. The molecular formula is C22H34FN3O6. The Morgan fingerprint density at radius 1 is 1.41 bits per heavy atom. The summed E-state index contributed by atoms with van der Waals surface area (Å²) in [6.45, 7) is 6.01. The summed E-state index contributed by atoms with van der Waals surface area (Å²) in [5.74, 6) is 0.0801. The van der Waals surface area contributed by atoms with E-state index < -0.39 is 12.1 Å². The van der Waals surface area contributed by atoms with Gasteiger partial charge in [-0.3, -0.25) is 4.79 Å². The maximum atomic E-state index is 12.9. The summed E-state index contributed by atoms with van der Waals surface area (Å²) in [7, 11) is 1.68. The second-order valence-corrected chi connectivity index (χ2v) is 8.81. The Kier molecular flexibility index (Phi) is 8.64. The van der Waals surface area contributed by atoms with E-state index in [1.165, 1.54) is 0 Å². The van der Waals surface area contributed by atoms with E-state index in [4.69, 9.17) is 18.9 Å². The smallest absolute Gasteiger partial charge is 0.270 e. The number of carbonyl (C=O) groups is 1. The number of aliphatic hydroxyl groups excluding tert-OH is 1. The number of carbonyl (C=O) groups excluding carboxylic acids is 1. The lowest BCUT2D eigenvalue weighted by molar-refractivity contribution is -0.153. The number of nitrogens with one attached hydrogen (secondary N) is 1. The molecule has 0 radical (unpaired) electrons. The molecule has 180 valence electrons. The number of anilines is 1. The average Bonchev–Trinajstić information content (AvgIpc) is 2.72. The predicted octanol–water partition coefficient (Wildman–Crippen LogP) is 1.04. The molecule has 9 nitrogen and oxygen atoms in total. The Morgan fingerprint density at radius 2 is 2.16 bits per heavy atom. The molecule has 10 heteroatoms. The Balaban J connectivity index is 1.73. The molecule has 0 aromatic carbocycles. The van der Waals surface area contributed by atoms with Gasteiger partial charge in [-0.1, -0.05) is 13.8 Å². The molecule has 2 fully saturated rings. The van der Waals surface area contributed by atoms with Crippen molar-refractivity contribution < 1.29 is 33.2 Å². The lowest BCUT2D eigenvalue weighted by atomic mass is 9.88. The molecule has 2 saturated heterocycles. The van der Waals surface area contributed by atoms with Gasteiger partial charge in [-0.05, 0) is 18.1 Å². The second kappa shape index (κ2) is 11.2. The number of amides is 1. The maximum Gasteiger partial charge on any atom is 0.270 e. The highest BCUT2D eigenvalue weighted by Crippen LogP contribution is 2.34. The van der Waals surface area contributed by atoms with Gasteiger partial charge in [0.15, 0.2) is 0 Å². The summed E-state index contributed by atoms with van der Waals surface area (Å²) >= 11 is 0. The van der Waals surface area contributed by atoms with Crippen molar-refractivity contribution in [3.8, 4) is 5.88 Å². The molecule has 1 aromatic heterocycles. The van der Waals surface area contributed by atoms with Gasteiger partial charge >= 0.3 is 0 Å². The fourth-order valence-electron chi connectivity index (χ4n) is 3.43. The molecular weight excluding hydrogens is 421 g/mol. The van der Waals surface area contributed by atoms with Gasteiger partial charge in [0.05, 0.1) is 50.6 Å². The van der Waals surface area contributed by atoms with Crippen LogP contribution in [0.4, 0.5) is 10.1 Å². The van der Waals surface area contributed by atoms with Crippen LogP contribution < -0.4 is 15.0 Å². The Bertz CT molecular complexity index is 750. The zero-order valence-corrected chi connectivity index (χ0v) is 19.0. The van der Waals surface area contributed by atoms with Crippen molar-refractivity contribution in [1.29, 1.82) is 0 Å². The minimum absolute atomic E-state index is 0.00134. The number of nitrogens with zero attached hydrogens (tertiary/aromatic N) is 2. The fourth-order valence-corrected chi connectivity index (χ4v) is 3.43. The Morgan fingerprint density at radius 3 is 2.72 bits per heavy atom. The fraction of sp³-hybridized carbons (Fsp3) is 0.727. The highest BCUT2D eigenvalue weighted by molar-refractivity contribution is 5.93. The van der Waals surface area contributed by atoms with Gasteiger partial charge in [0.25, 0.3) is 5.91 Å². The van der Waals surface area contributed by atoms with E-state index in [0.29, 0.717) is 32.2 Å². The number of alkyl halides is 1. The van der Waals surface area contributed by atoms with Crippen molar-refractivity contribution in [1.82, 2.24) is 10.3 Å². The zero-order chi connectivity index (χ0) is 23.1. The number of hydrogen-bond acceptors (Lipinski definition) is 8. The second-order valence-electron chi connectivity index (χ2n) is 8.81. The van der Waals surface area contributed by atoms with Crippen LogP contribution in [0.3, 0.4) is 0 Å². The van der Waals surface area contributed by atoms with Crippen molar-refractivity contribution in [2.24, 2.45) is 11.3 Å². The lowest BCUT2D eigenvalue weighted by Crippen LogP contribution is -2.52. The summed E-state index contributed by atoms with van der Waals surface area (Å²) in [4.78, 5) is 19.4. The molecule has 1 unspecified atom stereocenters. The van der Waals surface area contributed by atoms with E-state index in [0.717, 1.165) is 5.69 Å². The normalized spacial score (nSPS) is 18.8. The van der Waals surface area contributed by atoms with Crippen molar-refractivity contribution in [3.05, 3.63) is 17.8 Å². The summed E-state index contributed by atoms with van der Waals surface area (Å²) in [6.07, 6.45) is 0.144. The molecule has 1 amide bonds. The van der Waals surface area contributed by atoms with Gasteiger partial charge in [0, 0.05) is 20.2 Å². The highest BCUT2D eigenvalue weighted by atomic mass is 19.1. The molecule has 0 aliphatic carbocycles. The molecule has 0 spiro atoms. The Hall–Kier alpha value is -2.01. The minimum atomic E-state index is -0.566. The highest BCUT2D eigenvalue weighted by Gasteiger charge is 2.40. The van der Waals surface area contributed by atoms with Crippen LogP contribution in [0.1, 0.15) is 24.3 Å². The molecule has 0 saturated carbocycles. The van der Waals surface area contributed by atoms with Crippen LogP contribution in [-0.4, -0.2) is 94.7 Å². The van der Waals surface area contributed by atoms with E-state index in [9.17, 15) is 14.3 Å². The number of aliphatic hydroxyl groups is 1. The third-order valence-corrected chi connectivity index (χ3v) is 5.90. The van der Waals surface area contributed by atoms with Crippen LogP contribution in [0.25, 0.3) is 0 Å². The van der Waals surface area contributed by atoms with Crippen LogP contribution in [0.15, 0.2) is 12.1 Å². The largest absolute Gasteiger partial charge is 0.475 e. The molecule has 1 atom stereocenters. The SMILES string of the molecule is COC1CN(c2ccc(C(=O)NC(COCCF)C(C)C)nc2OCC2(CO)COC2)C1. The number of ether oxygens (including phenoxy) is 4. The predicted molar refractivity (Wildman–Crippen MR) is 116 cm³/mol. The number of rotatable bonds is 13. The van der Waals surface area contributed by atoms with E-state index in [1.54, 1.807) is 13.2 Å². The molecule has 3 rings (SSSR count). The molecule has 2 aliphatic rings. The van der Waals surface area contributed by atoms with Crippen LogP contribution in [0, 0.1) is 11.3 Å². The van der Waals surface area contributed by atoms with Crippen LogP contribution in [-0.2, 0) is 14.2 Å². The lowest BCUT2D eigenvalue weighted by Gasteiger charge is -2.41. The number of hydrogen-bond donors (Lipinski definition) is 2. The summed E-state index contributed by atoms with van der Waals surface area (Å²) in [5.41, 5.74) is 0.541. The van der Waals surface area contributed by atoms with E-state index >= 15 is 0 Å². The molecule has 32 heavy (non-hydrogen) atoms. The molecule has 0 bridgehead atoms. The number of pyridine rings is 1. The first-order valence-corrected chi connectivity index (χ1v) is 11.0. The van der Waals surface area contributed by atoms with Crippen LogP contribution in [0.5, 0.6) is 5.88 Å². The van der Waals surface area contributed by atoms with E-state index in [2.05, 4.69) is 15.2 Å². The van der Waals surface area contributed by atoms with Gasteiger partial charge in [-0.2, -0.15) is 0 Å². The van der Waals surface area contributed by atoms with Crippen LogP contribution >= 0.6 is 0 Å². The molecule has 3 heterocycles. The standard InChI is InChI=1S/C22H34FN3O6/c1-15(2)18(10-30-7-6-23)24-20(28)17-4-5-19(26-8-16(9-26)29-3)21(25-17)32-14-22(11-27)12-31-13-22/h4-5,15-16,18,27H,6-14H2,1-3H3,(H,24,28). The summed E-state index contributed by atoms with van der Waals surface area (Å²) in [6, 6.07) is 3.20. The topological polar surface area (TPSA) is 102 Å². The number of methoxy groups -OCH3 is 1. The van der Waals surface area contributed by atoms with Gasteiger partial charge in [-0.25, -0.2) is 9.37 Å². The average molecular weight is 456 g/mol. The quantitative estimate of drug-likeness (QED) is 0.426. The van der Waals surface area contributed by atoms with Gasteiger partial charge < -0.3 is 34.3 Å². The third-order valence-electron chi connectivity index (χ3n) is 5.90. The van der Waals surface area contributed by atoms with E-state index in [1.807, 2.05) is 19.9 Å². The first-order chi connectivity index (χ1) is 15.4. The third kappa shape index (κ3) is 5.86. The summed E-state index contributed by atoms with van der Waals surface area (Å²) in [5, 5.41) is 12.6. The molecule has 2 N–H and O–H groups in total. The van der Waals surface area contributed by atoms with Crippen molar-refractivity contribution in [2.75, 3.05) is 71.4 Å². The number of aromatic nitrogens is 1. The zero-order valence-electron chi connectivity index (χ0n) is 19.0. The first-order valence-electron chi connectivity index (χ1n) is 11.0. The van der Waals surface area contributed by atoms with Crippen molar-refractivity contribution in [3.63, 3.8) is 0 Å². The number of halogens is 1. The van der Waals surface area contributed by atoms with Crippen molar-refractivity contribution >= 4 is 11.6 Å². The van der Waals surface area contributed by atoms with Crippen LogP contribution in [0.2, 0.25) is 0 Å². The van der Waals surface area contributed by atoms with Gasteiger partial charge in [0.1, 0.15) is 24.7 Å². The van der Waals surface area contributed by atoms with Gasteiger partial charge in [-0.15, -0.1) is 0 Å². The monoisotopic (exact) mass is 455 g/mol. The van der Waals surface area contributed by atoms with Crippen molar-refractivity contribution in [2.45, 2.75) is 26.0 Å². The Labute approximate surface area is 188 Å². The van der Waals surface area contributed by atoms with Gasteiger partial charge in [0.2, 0.25) is 5.88 Å². The minimum Gasteiger partial charge on any atom is -0.475 e. The molecule has 1 aromatic rings.